The maximum absolute atomic E-state index is 11.9. The Balaban J connectivity index is 1.59. The normalized spacial score (nSPS) is 10.6. The second kappa shape index (κ2) is 7.27. The summed E-state index contributed by atoms with van der Waals surface area (Å²) in [5.41, 5.74) is 2.08. The molecule has 3 aromatic rings. The van der Waals surface area contributed by atoms with Crippen LogP contribution in [-0.4, -0.2) is 30.9 Å². The van der Waals surface area contributed by atoms with E-state index in [1.165, 1.54) is 5.06 Å². The maximum atomic E-state index is 11.9. The van der Waals surface area contributed by atoms with Crippen LogP contribution in [0.3, 0.4) is 0 Å². The number of benzene rings is 2. The van der Waals surface area contributed by atoms with Crippen LogP contribution in [0.1, 0.15) is 0 Å². The number of fused-ring (bicyclic) bond motifs is 1. The summed E-state index contributed by atoms with van der Waals surface area (Å²) >= 11 is 1.57. The molecule has 0 saturated heterocycles. The molecule has 0 aliphatic carbocycles. The van der Waals surface area contributed by atoms with Gasteiger partial charge in [-0.3, -0.25) is 0 Å². The Morgan fingerprint density at radius 2 is 1.96 bits per heavy atom. The molecule has 0 aliphatic heterocycles. The van der Waals surface area contributed by atoms with E-state index in [1.54, 1.807) is 30.9 Å². The number of rotatable bonds is 6. The van der Waals surface area contributed by atoms with Crippen LogP contribution in [0.4, 0.5) is 5.69 Å². The van der Waals surface area contributed by atoms with E-state index in [4.69, 9.17) is 14.0 Å². The first kappa shape index (κ1) is 16.2. The molecule has 0 fully saturated rings. The van der Waals surface area contributed by atoms with E-state index in [-0.39, 0.29) is 12.7 Å². The Labute approximate surface area is 143 Å². The van der Waals surface area contributed by atoms with Gasteiger partial charge in [-0.25, -0.2) is 9.86 Å². The van der Waals surface area contributed by atoms with Gasteiger partial charge in [-0.15, -0.1) is 11.8 Å². The second-order valence-corrected chi connectivity index (χ2v) is 5.72. The van der Waals surface area contributed by atoms with Crippen molar-refractivity contribution >= 4 is 34.5 Å². The van der Waals surface area contributed by atoms with Crippen molar-refractivity contribution in [3.63, 3.8) is 0 Å². The molecule has 6 nitrogen and oxygen atoms in total. The average Bonchev–Trinajstić information content (AvgIpc) is 3.03. The number of hydrogen-bond acceptors (Lipinski definition) is 7. The van der Waals surface area contributed by atoms with Gasteiger partial charge in [0.1, 0.15) is 5.52 Å². The predicted molar refractivity (Wildman–Crippen MR) is 92.2 cm³/mol. The molecular formula is C17H16N2O4S. The summed E-state index contributed by atoms with van der Waals surface area (Å²) in [4.78, 5) is 22.4. The molecule has 2 aromatic carbocycles. The van der Waals surface area contributed by atoms with E-state index < -0.39 is 5.97 Å². The highest BCUT2D eigenvalue weighted by molar-refractivity contribution is 7.98. The van der Waals surface area contributed by atoms with Gasteiger partial charge >= 0.3 is 12.0 Å². The van der Waals surface area contributed by atoms with Crippen LogP contribution >= 0.6 is 11.8 Å². The molecule has 0 atom stereocenters. The zero-order valence-corrected chi connectivity index (χ0v) is 14.1. The molecule has 3 rings (SSSR count). The second-order valence-electron chi connectivity index (χ2n) is 4.87. The lowest BCUT2D eigenvalue weighted by atomic mass is 10.3. The Bertz CT molecular complexity index is 816. The SMILES string of the molecule is CSc1ccccc1N(C)OC(=O)COc1nc2ccccc2o1. The third kappa shape index (κ3) is 3.62. The van der Waals surface area contributed by atoms with Gasteiger partial charge in [0.2, 0.25) is 0 Å². The fourth-order valence-electron chi connectivity index (χ4n) is 2.15. The predicted octanol–water partition coefficient (Wildman–Crippen LogP) is 3.52. The van der Waals surface area contributed by atoms with E-state index in [9.17, 15) is 4.79 Å². The molecule has 0 saturated carbocycles. The lowest BCUT2D eigenvalue weighted by Crippen LogP contribution is -2.26. The Morgan fingerprint density at radius 3 is 2.75 bits per heavy atom. The molecule has 0 bridgehead atoms. The highest BCUT2D eigenvalue weighted by atomic mass is 32.2. The molecule has 124 valence electrons. The highest BCUT2D eigenvalue weighted by Gasteiger charge is 2.14. The van der Waals surface area contributed by atoms with E-state index in [0.717, 1.165) is 10.6 Å². The van der Waals surface area contributed by atoms with Crippen molar-refractivity contribution in [2.45, 2.75) is 4.90 Å². The van der Waals surface area contributed by atoms with E-state index in [2.05, 4.69) is 4.98 Å². The van der Waals surface area contributed by atoms with Crippen molar-refractivity contribution in [2.24, 2.45) is 0 Å². The van der Waals surface area contributed by atoms with Gasteiger partial charge in [-0.05, 0) is 30.5 Å². The molecule has 0 spiro atoms. The molecule has 1 heterocycles. The summed E-state index contributed by atoms with van der Waals surface area (Å²) in [6, 6.07) is 14.9. The summed E-state index contributed by atoms with van der Waals surface area (Å²) in [5, 5.41) is 1.42. The molecule has 7 heteroatoms. The Morgan fingerprint density at radius 1 is 1.21 bits per heavy atom. The minimum Gasteiger partial charge on any atom is -0.438 e. The van der Waals surface area contributed by atoms with Crippen LogP contribution < -0.4 is 9.80 Å². The van der Waals surface area contributed by atoms with Crippen molar-refractivity contribution in [3.05, 3.63) is 48.5 Å². The Hall–Kier alpha value is -2.67. The third-order valence-electron chi connectivity index (χ3n) is 3.25. The summed E-state index contributed by atoms with van der Waals surface area (Å²) in [7, 11) is 1.67. The first-order valence-electron chi connectivity index (χ1n) is 7.23. The van der Waals surface area contributed by atoms with Gasteiger partial charge < -0.3 is 14.0 Å². The number of nitrogens with zero attached hydrogens (tertiary/aromatic N) is 2. The van der Waals surface area contributed by atoms with Crippen LogP contribution in [0.15, 0.2) is 57.8 Å². The van der Waals surface area contributed by atoms with Crippen molar-refractivity contribution in [3.8, 4) is 6.08 Å². The monoisotopic (exact) mass is 344 g/mol. The van der Waals surface area contributed by atoms with E-state index >= 15 is 0 Å². The summed E-state index contributed by atoms with van der Waals surface area (Å²) in [6.45, 7) is -0.293. The molecule has 24 heavy (non-hydrogen) atoms. The molecule has 1 aromatic heterocycles. The largest absolute Gasteiger partial charge is 0.438 e. The number of para-hydroxylation sites is 3. The van der Waals surface area contributed by atoms with Crippen molar-refractivity contribution in [1.29, 1.82) is 0 Å². The number of carbonyl (C=O) groups is 1. The van der Waals surface area contributed by atoms with Crippen LogP contribution in [0, 0.1) is 0 Å². The van der Waals surface area contributed by atoms with Crippen LogP contribution in [-0.2, 0) is 9.63 Å². The van der Waals surface area contributed by atoms with Gasteiger partial charge in [0.15, 0.2) is 12.2 Å². The van der Waals surface area contributed by atoms with Gasteiger partial charge in [-0.1, -0.05) is 24.3 Å². The first-order valence-corrected chi connectivity index (χ1v) is 8.46. The number of anilines is 1. The van der Waals surface area contributed by atoms with Gasteiger partial charge in [0, 0.05) is 11.9 Å². The lowest BCUT2D eigenvalue weighted by molar-refractivity contribution is -0.147. The third-order valence-corrected chi connectivity index (χ3v) is 4.04. The lowest BCUT2D eigenvalue weighted by Gasteiger charge is -2.20. The average molecular weight is 344 g/mol. The quantitative estimate of drug-likeness (QED) is 0.501. The van der Waals surface area contributed by atoms with Crippen molar-refractivity contribution < 1.29 is 18.8 Å². The minimum absolute atomic E-state index is 0.0420. The van der Waals surface area contributed by atoms with E-state index in [0.29, 0.717) is 11.1 Å². The van der Waals surface area contributed by atoms with Crippen molar-refractivity contribution in [1.82, 2.24) is 4.98 Å². The Kier molecular flexibility index (Phi) is 4.90. The standard InChI is InChI=1S/C17H16N2O4S/c1-19(13-8-4-6-10-15(13)24-2)23-16(20)11-21-17-18-12-7-3-5-9-14(12)22-17/h3-10H,11H2,1-2H3. The first-order chi connectivity index (χ1) is 11.7. The van der Waals surface area contributed by atoms with Gasteiger partial charge in [0.05, 0.1) is 5.69 Å². The van der Waals surface area contributed by atoms with E-state index in [1.807, 2.05) is 42.7 Å². The van der Waals surface area contributed by atoms with Gasteiger partial charge in [-0.2, -0.15) is 4.98 Å². The van der Waals surface area contributed by atoms with Crippen LogP contribution in [0.25, 0.3) is 11.1 Å². The van der Waals surface area contributed by atoms with Gasteiger partial charge in [0.25, 0.3) is 0 Å². The minimum atomic E-state index is -0.546. The summed E-state index contributed by atoms with van der Waals surface area (Å²) in [6.07, 6.45) is 2.01. The number of ether oxygens (including phenoxy) is 1. The highest BCUT2D eigenvalue weighted by Crippen LogP contribution is 2.27. The van der Waals surface area contributed by atoms with Crippen molar-refractivity contribution in [2.75, 3.05) is 25.0 Å². The fraction of sp³-hybridized carbons (Fsp3) is 0.176. The number of aromatic nitrogens is 1. The summed E-state index contributed by atoms with van der Waals surface area (Å²) in [5.74, 6) is -0.546. The summed E-state index contributed by atoms with van der Waals surface area (Å²) < 4.78 is 10.6. The zero-order chi connectivity index (χ0) is 16.9. The molecule has 0 amide bonds. The topological polar surface area (TPSA) is 64.8 Å². The molecule has 0 unspecified atom stereocenters. The number of thioether (sulfide) groups is 1. The number of hydrogen-bond donors (Lipinski definition) is 0. The number of carbonyl (C=O) groups excluding carboxylic acids is 1. The molecule has 0 radical (unpaired) electrons. The zero-order valence-electron chi connectivity index (χ0n) is 13.3. The smallest absolute Gasteiger partial charge is 0.395 e. The fourth-order valence-corrected chi connectivity index (χ4v) is 2.77. The number of hydroxylamine groups is 1. The number of oxazole rings is 1. The molecular weight excluding hydrogens is 328 g/mol. The maximum Gasteiger partial charge on any atom is 0.395 e. The molecule has 0 N–H and O–H groups in total. The van der Waals surface area contributed by atoms with Crippen LogP contribution in [0.5, 0.6) is 6.08 Å². The van der Waals surface area contributed by atoms with Crippen LogP contribution in [0.2, 0.25) is 0 Å². The molecule has 0 aliphatic rings.